The average molecular weight is 174 g/mol. The molecule has 0 unspecified atom stereocenters. The number of hydrogen-bond donors (Lipinski definition) is 1. The minimum Gasteiger partial charge on any atom is -0.396 e. The second-order valence-electron chi connectivity index (χ2n) is 3.22. The van der Waals surface area contributed by atoms with Crippen molar-refractivity contribution in [3.8, 4) is 0 Å². The first-order chi connectivity index (χ1) is 5.68. The second-order valence-corrected chi connectivity index (χ2v) is 3.22. The number of methoxy groups -OCH3 is 1. The average Bonchev–Trinajstić information content (AvgIpc) is 2.06. The van der Waals surface area contributed by atoms with Gasteiger partial charge < -0.3 is 14.6 Å². The van der Waals surface area contributed by atoms with Gasteiger partial charge in [0.1, 0.15) is 6.79 Å². The van der Waals surface area contributed by atoms with E-state index in [9.17, 15) is 0 Å². The van der Waals surface area contributed by atoms with E-state index in [-0.39, 0.29) is 18.8 Å². The first kappa shape index (κ1) is 11.6. The van der Waals surface area contributed by atoms with Crippen LogP contribution in [0.2, 0.25) is 0 Å². The van der Waals surface area contributed by atoms with Gasteiger partial charge in [0, 0.05) is 12.5 Å². The third-order valence-electron chi connectivity index (χ3n) is 1.67. The highest BCUT2D eigenvalue weighted by molar-refractivity contribution is 4.82. The van der Waals surface area contributed by atoms with Crippen molar-refractivity contribution in [2.24, 2.45) is 5.41 Å². The van der Waals surface area contributed by atoms with Crippen molar-refractivity contribution in [1.29, 1.82) is 0 Å². The van der Waals surface area contributed by atoms with Gasteiger partial charge in [-0.2, -0.15) is 0 Å². The Kier molecular flexibility index (Phi) is 5.98. The number of ether oxygens (including phenoxy) is 2. The summed E-state index contributed by atoms with van der Waals surface area (Å²) in [4.78, 5) is 0. The number of aliphatic hydroxyl groups excluding tert-OH is 1. The van der Waals surface area contributed by atoms with Gasteiger partial charge >= 0.3 is 0 Å². The molecule has 0 rings (SSSR count). The van der Waals surface area contributed by atoms with Gasteiger partial charge in [-0.05, 0) is 6.42 Å². The van der Waals surface area contributed by atoms with Crippen molar-refractivity contribution < 1.29 is 14.6 Å². The van der Waals surface area contributed by atoms with Gasteiger partial charge in [-0.15, -0.1) is 6.58 Å². The molecule has 0 aromatic heterocycles. The number of rotatable bonds is 7. The normalized spacial score (nSPS) is 15.6. The molecule has 0 heterocycles. The summed E-state index contributed by atoms with van der Waals surface area (Å²) >= 11 is 0. The third kappa shape index (κ3) is 4.49. The highest BCUT2D eigenvalue weighted by Gasteiger charge is 2.21. The van der Waals surface area contributed by atoms with Crippen LogP contribution in [0.3, 0.4) is 0 Å². The number of allylic oxidation sites excluding steroid dienone is 1. The van der Waals surface area contributed by atoms with E-state index in [4.69, 9.17) is 14.6 Å². The SMILES string of the molecule is C=CC[C@@](C)(CO)COCOC. The summed E-state index contributed by atoms with van der Waals surface area (Å²) < 4.78 is 9.89. The zero-order valence-electron chi connectivity index (χ0n) is 7.88. The lowest BCUT2D eigenvalue weighted by Crippen LogP contribution is -2.27. The molecular formula is C9H18O3. The van der Waals surface area contributed by atoms with E-state index in [1.807, 2.05) is 6.92 Å². The van der Waals surface area contributed by atoms with E-state index in [1.165, 1.54) is 0 Å². The maximum Gasteiger partial charge on any atom is 0.146 e. The fourth-order valence-electron chi connectivity index (χ4n) is 0.889. The minimum atomic E-state index is -0.222. The molecule has 1 N–H and O–H groups in total. The zero-order chi connectivity index (χ0) is 9.45. The maximum absolute atomic E-state index is 9.05. The lowest BCUT2D eigenvalue weighted by atomic mass is 9.89. The lowest BCUT2D eigenvalue weighted by Gasteiger charge is -2.25. The van der Waals surface area contributed by atoms with Crippen molar-refractivity contribution in [1.82, 2.24) is 0 Å². The van der Waals surface area contributed by atoms with Gasteiger partial charge in [0.25, 0.3) is 0 Å². The molecule has 1 atom stereocenters. The molecule has 3 nitrogen and oxygen atoms in total. The molecule has 3 heteroatoms. The third-order valence-corrected chi connectivity index (χ3v) is 1.67. The molecule has 0 aromatic rings. The largest absolute Gasteiger partial charge is 0.396 e. The van der Waals surface area contributed by atoms with Crippen molar-refractivity contribution in [3.63, 3.8) is 0 Å². The molecule has 0 aliphatic heterocycles. The van der Waals surface area contributed by atoms with Crippen molar-refractivity contribution in [2.75, 3.05) is 27.1 Å². The van der Waals surface area contributed by atoms with Crippen molar-refractivity contribution in [2.45, 2.75) is 13.3 Å². The Labute approximate surface area is 74.0 Å². The van der Waals surface area contributed by atoms with Crippen LogP contribution in [0, 0.1) is 5.41 Å². The van der Waals surface area contributed by atoms with Gasteiger partial charge in [0.05, 0.1) is 13.2 Å². The summed E-state index contributed by atoms with van der Waals surface area (Å²) in [5.41, 5.74) is -0.222. The van der Waals surface area contributed by atoms with Crippen LogP contribution in [0.5, 0.6) is 0 Å². The van der Waals surface area contributed by atoms with E-state index in [1.54, 1.807) is 13.2 Å². The van der Waals surface area contributed by atoms with Gasteiger partial charge in [0.15, 0.2) is 0 Å². The van der Waals surface area contributed by atoms with E-state index < -0.39 is 0 Å². The summed E-state index contributed by atoms with van der Waals surface area (Å²) in [7, 11) is 1.57. The summed E-state index contributed by atoms with van der Waals surface area (Å²) in [6.07, 6.45) is 2.53. The molecular weight excluding hydrogens is 156 g/mol. The predicted octanol–water partition coefficient (Wildman–Crippen LogP) is 1.18. The van der Waals surface area contributed by atoms with Crippen molar-refractivity contribution >= 4 is 0 Å². The quantitative estimate of drug-likeness (QED) is 0.358. The molecule has 0 aromatic carbocycles. The molecule has 0 spiro atoms. The molecule has 0 saturated heterocycles. The zero-order valence-corrected chi connectivity index (χ0v) is 7.88. The van der Waals surface area contributed by atoms with Crippen LogP contribution in [0.15, 0.2) is 12.7 Å². The van der Waals surface area contributed by atoms with Crippen LogP contribution in [0.4, 0.5) is 0 Å². The van der Waals surface area contributed by atoms with E-state index >= 15 is 0 Å². The highest BCUT2D eigenvalue weighted by atomic mass is 16.7. The fourth-order valence-corrected chi connectivity index (χ4v) is 0.889. The Morgan fingerprint density at radius 3 is 2.67 bits per heavy atom. The maximum atomic E-state index is 9.05. The molecule has 0 saturated carbocycles. The molecule has 72 valence electrons. The summed E-state index contributed by atoms with van der Waals surface area (Å²) in [6.45, 7) is 6.43. The predicted molar refractivity (Wildman–Crippen MR) is 47.8 cm³/mol. The van der Waals surface area contributed by atoms with Crippen LogP contribution in [-0.4, -0.2) is 32.2 Å². The first-order valence-corrected chi connectivity index (χ1v) is 3.97. The van der Waals surface area contributed by atoms with Gasteiger partial charge in [-0.3, -0.25) is 0 Å². The Balaban J connectivity index is 3.70. The topological polar surface area (TPSA) is 38.7 Å². The van der Waals surface area contributed by atoms with E-state index in [2.05, 4.69) is 6.58 Å². The Morgan fingerprint density at radius 2 is 2.25 bits per heavy atom. The Hall–Kier alpha value is -0.380. The molecule has 0 aliphatic carbocycles. The monoisotopic (exact) mass is 174 g/mol. The molecule has 0 amide bonds. The van der Waals surface area contributed by atoms with Crippen molar-refractivity contribution in [3.05, 3.63) is 12.7 Å². The molecule has 0 bridgehead atoms. The standard InChI is InChI=1S/C9H18O3/c1-4-5-9(2,6-10)7-12-8-11-3/h4,10H,1,5-8H2,2-3H3/t9-/m0/s1. The molecule has 12 heavy (non-hydrogen) atoms. The van der Waals surface area contributed by atoms with E-state index in [0.717, 1.165) is 6.42 Å². The smallest absolute Gasteiger partial charge is 0.146 e. The molecule has 0 radical (unpaired) electrons. The Bertz CT molecular complexity index is 125. The molecule has 0 fully saturated rings. The minimum absolute atomic E-state index is 0.0999. The molecule has 0 aliphatic rings. The van der Waals surface area contributed by atoms with Crippen LogP contribution >= 0.6 is 0 Å². The summed E-state index contributed by atoms with van der Waals surface area (Å²) in [5.74, 6) is 0. The second kappa shape index (κ2) is 6.17. The van der Waals surface area contributed by atoms with Crippen LogP contribution in [0.1, 0.15) is 13.3 Å². The Morgan fingerprint density at radius 1 is 1.58 bits per heavy atom. The summed E-state index contributed by atoms with van der Waals surface area (Å²) in [5, 5.41) is 9.05. The van der Waals surface area contributed by atoms with Gasteiger partial charge in [0.2, 0.25) is 0 Å². The summed E-state index contributed by atoms with van der Waals surface area (Å²) in [6, 6.07) is 0. The number of hydrogen-bond acceptors (Lipinski definition) is 3. The van der Waals surface area contributed by atoms with Gasteiger partial charge in [-0.25, -0.2) is 0 Å². The van der Waals surface area contributed by atoms with Crippen LogP contribution in [0.25, 0.3) is 0 Å². The number of aliphatic hydroxyl groups is 1. The van der Waals surface area contributed by atoms with Crippen LogP contribution < -0.4 is 0 Å². The van der Waals surface area contributed by atoms with Crippen LogP contribution in [-0.2, 0) is 9.47 Å². The van der Waals surface area contributed by atoms with Gasteiger partial charge in [-0.1, -0.05) is 13.0 Å². The van der Waals surface area contributed by atoms with E-state index in [0.29, 0.717) is 6.61 Å². The first-order valence-electron chi connectivity index (χ1n) is 3.97. The highest BCUT2D eigenvalue weighted by Crippen LogP contribution is 2.20. The lowest BCUT2D eigenvalue weighted by molar-refractivity contribution is -0.0709. The fraction of sp³-hybridized carbons (Fsp3) is 0.778.